The van der Waals surface area contributed by atoms with Gasteiger partial charge in [-0.25, -0.2) is 4.79 Å². The summed E-state index contributed by atoms with van der Waals surface area (Å²) in [6, 6.07) is 7.49. The molecule has 5 nitrogen and oxygen atoms in total. The summed E-state index contributed by atoms with van der Waals surface area (Å²) in [5, 5.41) is 2.80. The lowest BCUT2D eigenvalue weighted by molar-refractivity contribution is 0.0833. The van der Waals surface area contributed by atoms with Crippen molar-refractivity contribution in [2.45, 2.75) is 77.7 Å². The Labute approximate surface area is 170 Å². The molecule has 5 heteroatoms. The fraction of sp³-hybridized carbons (Fsp3) is 0.696. The van der Waals surface area contributed by atoms with E-state index in [0.717, 1.165) is 44.1 Å². The van der Waals surface area contributed by atoms with Gasteiger partial charge in [-0.3, -0.25) is 10.2 Å². The normalized spacial score (nSPS) is 15.8. The standard InChI is InChI=1S/C23H38N2O3/c1-3-4-5-6-7-11-18-27-22-14-12-21(13-15-22)24-23(26)28-20(2)19-25-16-9-8-10-17-25/h12-15,20H,3-11,16-19H2,1-2H3,(H,24,26)/t20-/m1/s1. The highest BCUT2D eigenvalue weighted by Crippen LogP contribution is 2.17. The van der Waals surface area contributed by atoms with Gasteiger partial charge in [0.25, 0.3) is 0 Å². The summed E-state index contributed by atoms with van der Waals surface area (Å²) in [7, 11) is 0. The van der Waals surface area contributed by atoms with Crippen molar-refractivity contribution in [1.82, 2.24) is 4.90 Å². The Kier molecular flexibility index (Phi) is 10.8. The molecule has 1 aliphatic heterocycles. The molecule has 0 spiro atoms. The lowest BCUT2D eigenvalue weighted by Gasteiger charge is -2.28. The predicted molar refractivity (Wildman–Crippen MR) is 115 cm³/mol. The first kappa shape index (κ1) is 22.5. The van der Waals surface area contributed by atoms with Crippen LogP contribution in [0.3, 0.4) is 0 Å². The van der Waals surface area contributed by atoms with E-state index in [0.29, 0.717) is 0 Å². The van der Waals surface area contributed by atoms with Gasteiger partial charge in [-0.05, 0) is 63.5 Å². The van der Waals surface area contributed by atoms with E-state index in [9.17, 15) is 4.79 Å². The van der Waals surface area contributed by atoms with Crippen LogP contribution >= 0.6 is 0 Å². The molecule has 0 aromatic heterocycles. The Morgan fingerprint density at radius 2 is 1.71 bits per heavy atom. The van der Waals surface area contributed by atoms with Crippen molar-refractivity contribution in [2.75, 3.05) is 31.6 Å². The van der Waals surface area contributed by atoms with Crippen molar-refractivity contribution < 1.29 is 14.3 Å². The molecule has 1 aromatic rings. The number of hydrogen-bond acceptors (Lipinski definition) is 4. The van der Waals surface area contributed by atoms with Crippen LogP contribution < -0.4 is 10.1 Å². The molecule has 1 aliphatic rings. The van der Waals surface area contributed by atoms with Crippen molar-refractivity contribution in [2.24, 2.45) is 0 Å². The summed E-state index contributed by atoms with van der Waals surface area (Å²) in [4.78, 5) is 14.5. The van der Waals surface area contributed by atoms with E-state index in [1.54, 1.807) is 0 Å². The number of piperidine rings is 1. The molecule has 1 atom stereocenters. The third-order valence-electron chi connectivity index (χ3n) is 5.14. The first-order valence-corrected chi connectivity index (χ1v) is 11.1. The van der Waals surface area contributed by atoms with Crippen LogP contribution in [0.25, 0.3) is 0 Å². The summed E-state index contributed by atoms with van der Waals surface area (Å²) in [5.41, 5.74) is 0.724. The molecule has 0 unspecified atom stereocenters. The molecule has 2 rings (SSSR count). The number of unbranched alkanes of at least 4 members (excludes halogenated alkanes) is 5. The maximum atomic E-state index is 12.1. The molecular weight excluding hydrogens is 352 g/mol. The number of carbonyl (C=O) groups excluding carboxylic acids is 1. The fourth-order valence-electron chi connectivity index (χ4n) is 3.58. The van der Waals surface area contributed by atoms with Gasteiger partial charge < -0.3 is 9.47 Å². The Bertz CT molecular complexity index is 541. The Hall–Kier alpha value is -1.75. The second-order valence-electron chi connectivity index (χ2n) is 7.84. The largest absolute Gasteiger partial charge is 0.494 e. The van der Waals surface area contributed by atoms with E-state index in [2.05, 4.69) is 17.1 Å². The topological polar surface area (TPSA) is 50.8 Å². The van der Waals surface area contributed by atoms with Gasteiger partial charge in [0.2, 0.25) is 0 Å². The summed E-state index contributed by atoms with van der Waals surface area (Å²) in [6.07, 6.45) is 10.8. The molecule has 1 aromatic carbocycles. The van der Waals surface area contributed by atoms with Crippen LogP contribution in [0.15, 0.2) is 24.3 Å². The smallest absolute Gasteiger partial charge is 0.411 e. The van der Waals surface area contributed by atoms with Crippen LogP contribution in [-0.2, 0) is 4.74 Å². The summed E-state index contributed by atoms with van der Waals surface area (Å²) >= 11 is 0. The van der Waals surface area contributed by atoms with Gasteiger partial charge in [-0.2, -0.15) is 0 Å². The van der Waals surface area contributed by atoms with Gasteiger partial charge in [0, 0.05) is 12.2 Å². The second kappa shape index (κ2) is 13.4. The lowest BCUT2D eigenvalue weighted by atomic mass is 10.1. The average Bonchev–Trinajstić information content (AvgIpc) is 2.69. The van der Waals surface area contributed by atoms with Crippen LogP contribution in [0, 0.1) is 0 Å². The van der Waals surface area contributed by atoms with Gasteiger partial charge in [-0.15, -0.1) is 0 Å². The molecule has 28 heavy (non-hydrogen) atoms. The van der Waals surface area contributed by atoms with Crippen molar-refractivity contribution in [3.8, 4) is 5.75 Å². The molecule has 1 saturated heterocycles. The third-order valence-corrected chi connectivity index (χ3v) is 5.14. The molecule has 1 amide bonds. The van der Waals surface area contributed by atoms with E-state index >= 15 is 0 Å². The maximum absolute atomic E-state index is 12.1. The summed E-state index contributed by atoms with van der Waals surface area (Å²) in [5.74, 6) is 0.839. The zero-order valence-electron chi connectivity index (χ0n) is 17.8. The highest BCUT2D eigenvalue weighted by Gasteiger charge is 2.16. The Morgan fingerprint density at radius 1 is 1.04 bits per heavy atom. The van der Waals surface area contributed by atoms with Crippen LogP contribution in [-0.4, -0.2) is 43.3 Å². The van der Waals surface area contributed by atoms with E-state index in [1.165, 1.54) is 51.4 Å². The van der Waals surface area contributed by atoms with Crippen molar-refractivity contribution in [1.29, 1.82) is 0 Å². The quantitative estimate of drug-likeness (QED) is 0.455. The number of hydrogen-bond donors (Lipinski definition) is 1. The van der Waals surface area contributed by atoms with E-state index < -0.39 is 6.09 Å². The van der Waals surface area contributed by atoms with E-state index in [1.807, 2.05) is 31.2 Å². The number of amides is 1. The maximum Gasteiger partial charge on any atom is 0.411 e. The number of nitrogens with zero attached hydrogens (tertiary/aromatic N) is 1. The number of anilines is 1. The molecule has 1 fully saturated rings. The van der Waals surface area contributed by atoms with Crippen LogP contribution in [0.1, 0.15) is 71.6 Å². The minimum Gasteiger partial charge on any atom is -0.494 e. The number of ether oxygens (including phenoxy) is 2. The molecule has 1 N–H and O–H groups in total. The van der Waals surface area contributed by atoms with Gasteiger partial charge in [0.1, 0.15) is 11.9 Å². The SMILES string of the molecule is CCCCCCCCOc1ccc(NC(=O)O[C@H](C)CN2CCCCC2)cc1. The molecule has 0 radical (unpaired) electrons. The monoisotopic (exact) mass is 390 g/mol. The van der Waals surface area contributed by atoms with Gasteiger partial charge in [-0.1, -0.05) is 45.4 Å². The lowest BCUT2D eigenvalue weighted by Crippen LogP contribution is -2.37. The van der Waals surface area contributed by atoms with Gasteiger partial charge in [0.15, 0.2) is 0 Å². The van der Waals surface area contributed by atoms with Gasteiger partial charge in [0.05, 0.1) is 6.61 Å². The third kappa shape index (κ3) is 9.45. The molecular formula is C23H38N2O3. The van der Waals surface area contributed by atoms with E-state index in [4.69, 9.17) is 9.47 Å². The highest BCUT2D eigenvalue weighted by molar-refractivity contribution is 5.84. The van der Waals surface area contributed by atoms with Crippen LogP contribution in [0.5, 0.6) is 5.75 Å². The molecule has 0 saturated carbocycles. The average molecular weight is 391 g/mol. The molecule has 0 bridgehead atoms. The molecule has 158 valence electrons. The molecule has 0 aliphatic carbocycles. The zero-order chi connectivity index (χ0) is 20.0. The summed E-state index contributed by atoms with van der Waals surface area (Å²) < 4.78 is 11.3. The number of nitrogens with one attached hydrogen (secondary N) is 1. The van der Waals surface area contributed by atoms with Crippen LogP contribution in [0.4, 0.5) is 10.5 Å². The van der Waals surface area contributed by atoms with Crippen LogP contribution in [0.2, 0.25) is 0 Å². The number of benzene rings is 1. The number of likely N-dealkylation sites (tertiary alicyclic amines) is 1. The Balaban J connectivity index is 1.60. The highest BCUT2D eigenvalue weighted by atomic mass is 16.6. The predicted octanol–water partition coefficient (Wildman–Crippen LogP) is 5.85. The summed E-state index contributed by atoms with van der Waals surface area (Å²) in [6.45, 7) is 7.95. The molecule has 1 heterocycles. The fourth-order valence-corrected chi connectivity index (χ4v) is 3.58. The number of rotatable bonds is 12. The minimum absolute atomic E-state index is 0.113. The van der Waals surface area contributed by atoms with Gasteiger partial charge >= 0.3 is 6.09 Å². The first-order chi connectivity index (χ1) is 13.7. The number of carbonyl (C=O) groups is 1. The zero-order valence-corrected chi connectivity index (χ0v) is 17.8. The van der Waals surface area contributed by atoms with E-state index in [-0.39, 0.29) is 6.10 Å². The Morgan fingerprint density at radius 3 is 2.43 bits per heavy atom. The van der Waals surface area contributed by atoms with Crippen molar-refractivity contribution >= 4 is 11.8 Å². The minimum atomic E-state index is -0.398. The van der Waals surface area contributed by atoms with Crippen molar-refractivity contribution in [3.05, 3.63) is 24.3 Å². The first-order valence-electron chi connectivity index (χ1n) is 11.1. The van der Waals surface area contributed by atoms with Crippen molar-refractivity contribution in [3.63, 3.8) is 0 Å². The second-order valence-corrected chi connectivity index (χ2v) is 7.84.